The summed E-state index contributed by atoms with van der Waals surface area (Å²) in [6.45, 7) is 4.55. The molecule has 0 aliphatic carbocycles. The number of anilines is 3. The van der Waals surface area contributed by atoms with Crippen LogP contribution in [0.15, 0.2) is 79.4 Å². The van der Waals surface area contributed by atoms with Gasteiger partial charge in [0.15, 0.2) is 0 Å². The molecule has 1 aromatic carbocycles. The molecule has 1 N–H and O–H groups in total. The Balaban J connectivity index is 1.20. The molecule has 35 heavy (non-hydrogen) atoms. The van der Waals surface area contributed by atoms with Gasteiger partial charge in [-0.2, -0.15) is 0 Å². The smallest absolute Gasteiger partial charge is 0.257 e. The maximum absolute atomic E-state index is 13.1. The molecule has 1 aliphatic heterocycles. The number of hydrogen-bond donors (Lipinski definition) is 1. The van der Waals surface area contributed by atoms with Crippen molar-refractivity contribution in [1.29, 1.82) is 0 Å². The molecular weight excluding hydrogens is 445 g/mol. The normalized spacial score (nSPS) is 15.7. The summed E-state index contributed by atoms with van der Waals surface area (Å²) in [6.07, 6.45) is 6.52. The van der Waals surface area contributed by atoms with Crippen LogP contribution in [0.3, 0.4) is 0 Å². The monoisotopic (exact) mass is 469 g/mol. The van der Waals surface area contributed by atoms with Crippen molar-refractivity contribution in [2.24, 2.45) is 0 Å². The van der Waals surface area contributed by atoms with Gasteiger partial charge >= 0.3 is 0 Å². The molecule has 4 heterocycles. The first-order chi connectivity index (χ1) is 17.1. The van der Waals surface area contributed by atoms with Crippen LogP contribution in [-0.4, -0.2) is 51.5 Å². The van der Waals surface area contributed by atoms with Crippen molar-refractivity contribution in [3.05, 3.63) is 90.8 Å². The highest BCUT2D eigenvalue weighted by molar-refractivity contribution is 6.04. The highest BCUT2D eigenvalue weighted by atomic mass is 19.1. The molecule has 1 atom stereocenters. The van der Waals surface area contributed by atoms with Crippen LogP contribution in [0.4, 0.5) is 21.8 Å². The van der Waals surface area contributed by atoms with E-state index < -0.39 is 0 Å². The highest BCUT2D eigenvalue weighted by Crippen LogP contribution is 2.21. The first-order valence-corrected chi connectivity index (χ1v) is 11.3. The van der Waals surface area contributed by atoms with Crippen molar-refractivity contribution in [3.63, 3.8) is 0 Å². The average Bonchev–Trinajstić information content (AvgIpc) is 2.90. The van der Waals surface area contributed by atoms with E-state index >= 15 is 0 Å². The van der Waals surface area contributed by atoms with Crippen molar-refractivity contribution in [2.45, 2.75) is 13.0 Å². The number of hydrogen-bond acceptors (Lipinski definition) is 7. The van der Waals surface area contributed by atoms with Gasteiger partial charge < -0.3 is 15.1 Å². The second-order valence-electron chi connectivity index (χ2n) is 8.34. The summed E-state index contributed by atoms with van der Waals surface area (Å²) < 4.78 is 13.1. The van der Waals surface area contributed by atoms with Crippen molar-refractivity contribution in [1.82, 2.24) is 19.9 Å². The van der Waals surface area contributed by atoms with E-state index in [9.17, 15) is 9.18 Å². The van der Waals surface area contributed by atoms with E-state index in [4.69, 9.17) is 0 Å². The third kappa shape index (κ3) is 5.08. The second-order valence-corrected chi connectivity index (χ2v) is 8.34. The number of aromatic nitrogens is 4. The molecule has 5 rings (SSSR count). The summed E-state index contributed by atoms with van der Waals surface area (Å²) in [7, 11) is 0. The van der Waals surface area contributed by atoms with Crippen molar-refractivity contribution < 1.29 is 9.18 Å². The second kappa shape index (κ2) is 9.84. The van der Waals surface area contributed by atoms with Gasteiger partial charge in [0, 0.05) is 43.6 Å². The Morgan fingerprint density at radius 1 is 0.943 bits per heavy atom. The lowest BCUT2D eigenvalue weighted by Gasteiger charge is -2.40. The quantitative estimate of drug-likeness (QED) is 0.472. The zero-order valence-electron chi connectivity index (χ0n) is 19.2. The molecule has 1 amide bonds. The molecule has 0 bridgehead atoms. The van der Waals surface area contributed by atoms with E-state index in [1.54, 1.807) is 42.9 Å². The number of carbonyl (C=O) groups excluding carboxylic acids is 1. The van der Waals surface area contributed by atoms with Gasteiger partial charge in [-0.15, -0.1) is 0 Å². The minimum Gasteiger partial charge on any atom is -0.353 e. The van der Waals surface area contributed by atoms with E-state index in [2.05, 4.69) is 42.0 Å². The minimum atomic E-state index is -0.308. The van der Waals surface area contributed by atoms with Gasteiger partial charge in [-0.05, 0) is 55.5 Å². The first-order valence-electron chi connectivity index (χ1n) is 11.3. The van der Waals surface area contributed by atoms with Gasteiger partial charge in [-0.3, -0.25) is 9.78 Å². The minimum absolute atomic E-state index is 0.205. The largest absolute Gasteiger partial charge is 0.353 e. The Morgan fingerprint density at radius 3 is 2.40 bits per heavy atom. The summed E-state index contributed by atoms with van der Waals surface area (Å²) >= 11 is 0. The van der Waals surface area contributed by atoms with Gasteiger partial charge in [0.2, 0.25) is 5.95 Å². The molecular formula is C26H24FN7O. The maximum atomic E-state index is 13.1. The van der Waals surface area contributed by atoms with Crippen LogP contribution in [0.5, 0.6) is 0 Å². The standard InChI is InChI=1S/C26H24FN7O/c1-18-17-33(24-4-2-3-11-28-24)12-13-34(18)26-30-15-22(16-31-26)32-25(35)20-7-10-23(29-14-20)19-5-8-21(27)9-6-19/h2-11,14-16,18H,12-13,17H2,1H3,(H,32,35)/t18-/m0/s1. The number of nitrogens with zero attached hydrogens (tertiary/aromatic N) is 6. The van der Waals surface area contributed by atoms with Crippen LogP contribution < -0.4 is 15.1 Å². The number of nitrogens with one attached hydrogen (secondary N) is 1. The van der Waals surface area contributed by atoms with E-state index in [1.807, 2.05) is 18.2 Å². The van der Waals surface area contributed by atoms with Crippen molar-refractivity contribution >= 4 is 23.4 Å². The fourth-order valence-electron chi connectivity index (χ4n) is 4.06. The lowest BCUT2D eigenvalue weighted by molar-refractivity contribution is 0.102. The van der Waals surface area contributed by atoms with E-state index in [-0.39, 0.29) is 17.8 Å². The molecule has 1 fully saturated rings. The first kappa shape index (κ1) is 22.4. The summed E-state index contributed by atoms with van der Waals surface area (Å²) in [5.41, 5.74) is 2.34. The molecule has 4 aromatic rings. The maximum Gasteiger partial charge on any atom is 0.257 e. The Kier molecular flexibility index (Phi) is 6.30. The predicted molar refractivity (Wildman–Crippen MR) is 133 cm³/mol. The molecule has 8 nitrogen and oxygen atoms in total. The number of carbonyl (C=O) groups is 1. The molecule has 3 aromatic heterocycles. The van der Waals surface area contributed by atoms with Gasteiger partial charge in [0.25, 0.3) is 5.91 Å². The van der Waals surface area contributed by atoms with Crippen molar-refractivity contribution in [2.75, 3.05) is 34.8 Å². The number of pyridine rings is 2. The number of amides is 1. The van der Waals surface area contributed by atoms with E-state index in [0.29, 0.717) is 22.9 Å². The number of halogens is 1. The lowest BCUT2D eigenvalue weighted by Crippen LogP contribution is -2.53. The fraction of sp³-hybridized carbons (Fsp3) is 0.192. The molecule has 0 radical (unpaired) electrons. The average molecular weight is 470 g/mol. The van der Waals surface area contributed by atoms with Crippen LogP contribution >= 0.6 is 0 Å². The molecule has 176 valence electrons. The van der Waals surface area contributed by atoms with E-state index in [1.165, 1.54) is 18.3 Å². The fourth-order valence-corrected chi connectivity index (χ4v) is 4.06. The summed E-state index contributed by atoms with van der Waals surface area (Å²) in [5, 5.41) is 2.81. The SMILES string of the molecule is C[C@H]1CN(c2ccccn2)CCN1c1ncc(NC(=O)c2ccc(-c3ccc(F)cc3)nc2)cn1. The van der Waals surface area contributed by atoms with Gasteiger partial charge in [0.1, 0.15) is 11.6 Å². The van der Waals surface area contributed by atoms with Crippen LogP contribution in [0.2, 0.25) is 0 Å². The van der Waals surface area contributed by atoms with Crippen LogP contribution in [0.1, 0.15) is 17.3 Å². The zero-order chi connectivity index (χ0) is 24.2. The van der Waals surface area contributed by atoms with Gasteiger partial charge in [0.05, 0.1) is 29.3 Å². The topological polar surface area (TPSA) is 87.1 Å². The molecule has 1 saturated heterocycles. The third-order valence-electron chi connectivity index (χ3n) is 5.92. The number of piperazine rings is 1. The molecule has 0 unspecified atom stereocenters. The van der Waals surface area contributed by atoms with Crippen LogP contribution in [-0.2, 0) is 0 Å². The molecule has 0 spiro atoms. The van der Waals surface area contributed by atoms with Gasteiger partial charge in [-0.25, -0.2) is 19.3 Å². The number of benzene rings is 1. The third-order valence-corrected chi connectivity index (χ3v) is 5.92. The Hall–Kier alpha value is -4.40. The van der Waals surface area contributed by atoms with E-state index in [0.717, 1.165) is 31.0 Å². The summed E-state index contributed by atoms with van der Waals surface area (Å²) in [6, 6.07) is 15.6. The predicted octanol–water partition coefficient (Wildman–Crippen LogP) is 4.04. The Labute approximate surface area is 202 Å². The van der Waals surface area contributed by atoms with Crippen LogP contribution in [0.25, 0.3) is 11.3 Å². The Bertz CT molecular complexity index is 1280. The molecule has 1 aliphatic rings. The summed E-state index contributed by atoms with van der Waals surface area (Å²) in [5.74, 6) is 0.982. The molecule has 0 saturated carbocycles. The van der Waals surface area contributed by atoms with Gasteiger partial charge in [-0.1, -0.05) is 6.07 Å². The lowest BCUT2D eigenvalue weighted by atomic mass is 10.1. The molecule has 9 heteroatoms. The zero-order valence-corrected chi connectivity index (χ0v) is 19.2. The van der Waals surface area contributed by atoms with Crippen LogP contribution in [0, 0.1) is 5.82 Å². The highest BCUT2D eigenvalue weighted by Gasteiger charge is 2.26. The van der Waals surface area contributed by atoms with Crippen molar-refractivity contribution in [3.8, 4) is 11.3 Å². The number of rotatable bonds is 5. The summed E-state index contributed by atoms with van der Waals surface area (Å²) in [4.78, 5) is 34.8. The Morgan fingerprint density at radius 2 is 1.74 bits per heavy atom.